The Bertz CT molecular complexity index is 303. The minimum Gasteiger partial charge on any atom is -0.380 e. The van der Waals surface area contributed by atoms with Gasteiger partial charge in [0.1, 0.15) is 0 Å². The van der Waals surface area contributed by atoms with Crippen LogP contribution in [0.1, 0.15) is 34.1 Å². The fourth-order valence-corrected chi connectivity index (χ4v) is 2.60. The Balaban J connectivity index is 0.00000400. The van der Waals surface area contributed by atoms with Crippen molar-refractivity contribution in [2.24, 2.45) is 11.7 Å². The lowest BCUT2D eigenvalue weighted by atomic mass is 10.0. The molecule has 0 aliphatic carbocycles. The third-order valence-corrected chi connectivity index (χ3v) is 4.12. The maximum atomic E-state index is 12.3. The number of nitrogens with two attached hydrogens (primary N) is 1. The van der Waals surface area contributed by atoms with Crippen LogP contribution in [0.3, 0.4) is 0 Å². The van der Waals surface area contributed by atoms with Crippen molar-refractivity contribution in [2.75, 3.05) is 39.4 Å². The van der Waals surface area contributed by atoms with Gasteiger partial charge < -0.3 is 15.4 Å². The first kappa shape index (κ1) is 20.6. The van der Waals surface area contributed by atoms with E-state index in [2.05, 4.69) is 11.8 Å². The molecule has 2 N–H and O–H groups in total. The molecule has 5 nitrogen and oxygen atoms in total. The first-order valence-electron chi connectivity index (χ1n) is 7.87. The van der Waals surface area contributed by atoms with Crippen LogP contribution in [-0.4, -0.2) is 67.2 Å². The molecule has 0 aromatic heterocycles. The molecule has 21 heavy (non-hydrogen) atoms. The fourth-order valence-electron chi connectivity index (χ4n) is 2.60. The van der Waals surface area contributed by atoms with Crippen LogP contribution in [-0.2, 0) is 9.53 Å². The Morgan fingerprint density at radius 1 is 1.33 bits per heavy atom. The van der Waals surface area contributed by atoms with Crippen molar-refractivity contribution < 1.29 is 9.53 Å². The molecule has 1 aliphatic heterocycles. The van der Waals surface area contributed by atoms with Crippen molar-refractivity contribution in [1.29, 1.82) is 0 Å². The molecule has 0 spiro atoms. The standard InChI is InChI=1S/C15H31N3O2.ClH/c1-5-13-11-18(15(19)14(16)12(3)4)8-7-17(13)9-10-20-6-2;/h12-14H,5-11,16H2,1-4H3;1H/t13?,14-;/m0./s1. The molecule has 1 fully saturated rings. The largest absolute Gasteiger partial charge is 0.380 e. The molecular weight excluding hydrogens is 290 g/mol. The van der Waals surface area contributed by atoms with Crippen molar-refractivity contribution in [3.05, 3.63) is 0 Å². The second-order valence-corrected chi connectivity index (χ2v) is 5.85. The van der Waals surface area contributed by atoms with Gasteiger partial charge in [0, 0.05) is 38.8 Å². The van der Waals surface area contributed by atoms with E-state index < -0.39 is 0 Å². The molecule has 1 aliphatic rings. The molecule has 2 atom stereocenters. The van der Waals surface area contributed by atoms with E-state index in [9.17, 15) is 4.79 Å². The van der Waals surface area contributed by atoms with Crippen LogP contribution in [0, 0.1) is 5.92 Å². The predicted octanol–water partition coefficient (Wildman–Crippen LogP) is 1.35. The monoisotopic (exact) mass is 321 g/mol. The highest BCUT2D eigenvalue weighted by Crippen LogP contribution is 2.14. The molecule has 6 heteroatoms. The number of nitrogens with zero attached hydrogens (tertiary/aromatic N) is 2. The lowest BCUT2D eigenvalue weighted by Gasteiger charge is -2.42. The van der Waals surface area contributed by atoms with Gasteiger partial charge in [0.25, 0.3) is 0 Å². The summed E-state index contributed by atoms with van der Waals surface area (Å²) in [6.07, 6.45) is 1.05. The highest BCUT2D eigenvalue weighted by Gasteiger charge is 2.31. The normalized spacial score (nSPS) is 21.2. The lowest BCUT2D eigenvalue weighted by molar-refractivity contribution is -0.136. The topological polar surface area (TPSA) is 58.8 Å². The number of halogens is 1. The highest BCUT2D eigenvalue weighted by atomic mass is 35.5. The zero-order chi connectivity index (χ0) is 15.1. The van der Waals surface area contributed by atoms with E-state index >= 15 is 0 Å². The van der Waals surface area contributed by atoms with Crippen molar-refractivity contribution in [2.45, 2.75) is 46.2 Å². The lowest BCUT2D eigenvalue weighted by Crippen LogP contribution is -2.58. The average Bonchev–Trinajstić information content (AvgIpc) is 2.46. The second-order valence-electron chi connectivity index (χ2n) is 5.85. The Morgan fingerprint density at radius 3 is 2.52 bits per heavy atom. The SMILES string of the molecule is CCOCCN1CCN(C(=O)[C@@H](N)C(C)C)CC1CC.Cl. The highest BCUT2D eigenvalue weighted by molar-refractivity contribution is 5.85. The van der Waals surface area contributed by atoms with Crippen LogP contribution in [0.4, 0.5) is 0 Å². The first-order chi connectivity index (χ1) is 9.51. The fraction of sp³-hybridized carbons (Fsp3) is 0.933. The molecular formula is C15H32ClN3O2. The third kappa shape index (κ3) is 6.10. The van der Waals surface area contributed by atoms with Gasteiger partial charge in [-0.25, -0.2) is 0 Å². The van der Waals surface area contributed by atoms with Crippen LogP contribution in [0.5, 0.6) is 0 Å². The molecule has 0 bridgehead atoms. The van der Waals surface area contributed by atoms with Gasteiger partial charge in [-0.2, -0.15) is 0 Å². The Kier molecular flexibility index (Phi) is 10.2. The van der Waals surface area contributed by atoms with Gasteiger partial charge in [-0.05, 0) is 19.3 Å². The number of carbonyl (C=O) groups is 1. The maximum Gasteiger partial charge on any atom is 0.239 e. The number of amides is 1. The van der Waals surface area contributed by atoms with Crippen LogP contribution in [0.25, 0.3) is 0 Å². The maximum absolute atomic E-state index is 12.3. The second kappa shape index (κ2) is 10.4. The van der Waals surface area contributed by atoms with Gasteiger partial charge in [0.15, 0.2) is 0 Å². The smallest absolute Gasteiger partial charge is 0.239 e. The number of hydrogen-bond acceptors (Lipinski definition) is 4. The zero-order valence-electron chi connectivity index (χ0n) is 13.9. The van der Waals surface area contributed by atoms with E-state index in [1.165, 1.54) is 0 Å². The number of rotatable bonds is 7. The van der Waals surface area contributed by atoms with Crippen molar-refractivity contribution >= 4 is 18.3 Å². The van der Waals surface area contributed by atoms with Crippen LogP contribution >= 0.6 is 12.4 Å². The molecule has 0 aromatic rings. The summed E-state index contributed by atoms with van der Waals surface area (Å²) in [5, 5.41) is 0. The Hall–Kier alpha value is -0.360. The molecule has 1 heterocycles. The number of hydrogen-bond donors (Lipinski definition) is 1. The zero-order valence-corrected chi connectivity index (χ0v) is 14.7. The average molecular weight is 322 g/mol. The number of piperazine rings is 1. The molecule has 1 rings (SSSR count). The summed E-state index contributed by atoms with van der Waals surface area (Å²) in [5.74, 6) is 0.293. The van der Waals surface area contributed by atoms with Crippen molar-refractivity contribution in [3.63, 3.8) is 0 Å². The van der Waals surface area contributed by atoms with Crippen LogP contribution in [0.15, 0.2) is 0 Å². The van der Waals surface area contributed by atoms with Gasteiger partial charge in [0.2, 0.25) is 5.91 Å². The number of carbonyl (C=O) groups excluding carboxylic acids is 1. The Labute approximate surface area is 135 Å². The minimum atomic E-state index is -0.373. The summed E-state index contributed by atoms with van der Waals surface area (Å²) in [4.78, 5) is 16.7. The predicted molar refractivity (Wildman–Crippen MR) is 88.8 cm³/mol. The van der Waals surface area contributed by atoms with Crippen LogP contribution < -0.4 is 5.73 Å². The number of ether oxygens (including phenoxy) is 1. The molecule has 1 unspecified atom stereocenters. The molecule has 0 aromatic carbocycles. The van der Waals surface area contributed by atoms with Gasteiger partial charge in [-0.15, -0.1) is 12.4 Å². The van der Waals surface area contributed by atoms with Gasteiger partial charge in [0.05, 0.1) is 12.6 Å². The summed E-state index contributed by atoms with van der Waals surface area (Å²) >= 11 is 0. The third-order valence-electron chi connectivity index (χ3n) is 4.12. The minimum absolute atomic E-state index is 0. The van der Waals surface area contributed by atoms with Crippen molar-refractivity contribution in [3.8, 4) is 0 Å². The summed E-state index contributed by atoms with van der Waals surface area (Å²) in [6, 6.07) is 0.0509. The van der Waals surface area contributed by atoms with E-state index in [0.29, 0.717) is 6.04 Å². The van der Waals surface area contributed by atoms with E-state index in [-0.39, 0.29) is 30.3 Å². The molecule has 126 valence electrons. The molecule has 1 amide bonds. The quantitative estimate of drug-likeness (QED) is 0.719. The molecule has 0 saturated carbocycles. The summed E-state index contributed by atoms with van der Waals surface area (Å²) < 4.78 is 5.43. The van der Waals surface area contributed by atoms with Crippen LogP contribution in [0.2, 0.25) is 0 Å². The molecule has 0 radical (unpaired) electrons. The van der Waals surface area contributed by atoms with Crippen molar-refractivity contribution in [1.82, 2.24) is 9.80 Å². The van der Waals surface area contributed by atoms with E-state index in [0.717, 1.165) is 45.8 Å². The first-order valence-corrected chi connectivity index (χ1v) is 7.87. The van der Waals surface area contributed by atoms with E-state index in [4.69, 9.17) is 10.5 Å². The van der Waals surface area contributed by atoms with Gasteiger partial charge in [-0.3, -0.25) is 9.69 Å². The molecule has 1 saturated heterocycles. The summed E-state index contributed by atoms with van der Waals surface area (Å²) in [6.45, 7) is 13.2. The summed E-state index contributed by atoms with van der Waals surface area (Å²) in [7, 11) is 0. The Morgan fingerprint density at radius 2 is 2.00 bits per heavy atom. The van der Waals surface area contributed by atoms with Gasteiger partial charge >= 0.3 is 0 Å². The van der Waals surface area contributed by atoms with E-state index in [1.807, 2.05) is 25.7 Å². The van der Waals surface area contributed by atoms with Gasteiger partial charge in [-0.1, -0.05) is 20.8 Å². The van der Waals surface area contributed by atoms with E-state index in [1.54, 1.807) is 0 Å². The summed E-state index contributed by atoms with van der Waals surface area (Å²) in [5.41, 5.74) is 5.99.